The zero-order valence-corrected chi connectivity index (χ0v) is 14.4. The average molecular weight is 347 g/mol. The molecule has 1 heterocycles. The summed E-state index contributed by atoms with van der Waals surface area (Å²) in [5.74, 6) is 0.178. The summed E-state index contributed by atoms with van der Waals surface area (Å²) >= 11 is 1.17. The Labute approximate surface area is 144 Å². The summed E-state index contributed by atoms with van der Waals surface area (Å²) in [5.41, 5.74) is 1.44. The molecule has 2 N–H and O–H groups in total. The summed E-state index contributed by atoms with van der Waals surface area (Å²) in [4.78, 5) is 28.1. The van der Waals surface area contributed by atoms with E-state index in [-0.39, 0.29) is 17.7 Å². The topological polar surface area (TPSA) is 84.2 Å². The number of urea groups is 1. The molecular formula is C17H21N3O3S. The van der Waals surface area contributed by atoms with Gasteiger partial charge in [0.1, 0.15) is 5.52 Å². The first-order valence-corrected chi connectivity index (χ1v) is 9.19. The second kappa shape index (κ2) is 7.70. The minimum absolute atomic E-state index is 0.0838. The summed E-state index contributed by atoms with van der Waals surface area (Å²) in [7, 11) is 0. The Balaban J connectivity index is 1.45. The predicted molar refractivity (Wildman–Crippen MR) is 92.8 cm³/mol. The van der Waals surface area contributed by atoms with Crippen molar-refractivity contribution in [3.05, 3.63) is 24.3 Å². The molecule has 24 heavy (non-hydrogen) atoms. The molecule has 1 saturated carbocycles. The van der Waals surface area contributed by atoms with Crippen molar-refractivity contribution in [3.63, 3.8) is 0 Å². The minimum Gasteiger partial charge on any atom is -0.431 e. The highest BCUT2D eigenvalue weighted by atomic mass is 32.2. The Bertz CT molecular complexity index is 698. The molecule has 3 amide bonds. The van der Waals surface area contributed by atoms with Crippen molar-refractivity contribution in [3.8, 4) is 0 Å². The van der Waals surface area contributed by atoms with Crippen LogP contribution >= 0.6 is 11.8 Å². The summed E-state index contributed by atoms with van der Waals surface area (Å²) in [6, 6.07) is 7.15. The van der Waals surface area contributed by atoms with E-state index >= 15 is 0 Å². The van der Waals surface area contributed by atoms with Gasteiger partial charge in [0.25, 0.3) is 5.22 Å². The first kappa shape index (κ1) is 16.8. The van der Waals surface area contributed by atoms with Crippen molar-refractivity contribution < 1.29 is 14.0 Å². The molecule has 7 heteroatoms. The molecule has 0 spiro atoms. The van der Waals surface area contributed by atoms with Gasteiger partial charge in [-0.05, 0) is 30.9 Å². The monoisotopic (exact) mass is 347 g/mol. The Morgan fingerprint density at radius 2 is 2.08 bits per heavy atom. The maximum Gasteiger partial charge on any atom is 0.321 e. The lowest BCUT2D eigenvalue weighted by molar-refractivity contribution is -0.117. The lowest BCUT2D eigenvalue weighted by atomic mass is 9.86. The van der Waals surface area contributed by atoms with E-state index in [0.717, 1.165) is 24.8 Å². The molecule has 0 saturated heterocycles. The number of fused-ring (bicyclic) bond motifs is 1. The van der Waals surface area contributed by atoms with E-state index in [4.69, 9.17) is 4.42 Å². The van der Waals surface area contributed by atoms with E-state index in [1.165, 1.54) is 18.2 Å². The molecule has 2 aromatic rings. The van der Waals surface area contributed by atoms with Crippen molar-refractivity contribution in [1.82, 2.24) is 15.6 Å². The van der Waals surface area contributed by atoms with Gasteiger partial charge in [-0.3, -0.25) is 10.1 Å². The van der Waals surface area contributed by atoms with Crippen LogP contribution in [0, 0.1) is 5.92 Å². The van der Waals surface area contributed by atoms with Crippen LogP contribution in [0.5, 0.6) is 0 Å². The Hall–Kier alpha value is -2.02. The SMILES string of the molecule is C[C@@H]1CCCC[C@@H]1NC(=O)NC(=O)CSc1nc2ccccc2o1. The number of amides is 3. The first-order valence-electron chi connectivity index (χ1n) is 8.20. The molecule has 1 aromatic heterocycles. The zero-order chi connectivity index (χ0) is 16.9. The molecule has 1 aromatic carbocycles. The number of hydrogen-bond donors (Lipinski definition) is 2. The molecule has 1 aliphatic carbocycles. The molecule has 0 unspecified atom stereocenters. The second-order valence-electron chi connectivity index (χ2n) is 6.13. The lowest BCUT2D eigenvalue weighted by Gasteiger charge is -2.29. The standard InChI is InChI=1S/C17H21N3O3S/c1-11-6-2-3-7-12(11)18-16(22)20-15(21)10-24-17-19-13-8-4-5-9-14(13)23-17/h4-5,8-9,11-12H,2-3,6-7,10H2,1H3,(H2,18,20,21,22)/t11-,12+/m1/s1. The van der Waals surface area contributed by atoms with Gasteiger partial charge in [0.05, 0.1) is 5.75 Å². The molecule has 2 atom stereocenters. The van der Waals surface area contributed by atoms with Gasteiger partial charge in [0.15, 0.2) is 5.58 Å². The number of imide groups is 1. The fraction of sp³-hybridized carbons (Fsp3) is 0.471. The van der Waals surface area contributed by atoms with Crippen molar-refractivity contribution in [2.75, 3.05) is 5.75 Å². The Morgan fingerprint density at radius 3 is 2.88 bits per heavy atom. The van der Waals surface area contributed by atoms with Gasteiger partial charge < -0.3 is 9.73 Å². The van der Waals surface area contributed by atoms with Crippen LogP contribution in [0.1, 0.15) is 32.6 Å². The molecule has 0 radical (unpaired) electrons. The number of aromatic nitrogens is 1. The number of nitrogens with one attached hydrogen (secondary N) is 2. The van der Waals surface area contributed by atoms with Gasteiger partial charge in [-0.1, -0.05) is 43.7 Å². The summed E-state index contributed by atoms with van der Waals surface area (Å²) in [6.07, 6.45) is 4.42. The van der Waals surface area contributed by atoms with Crippen LogP contribution in [0.4, 0.5) is 4.79 Å². The third-order valence-electron chi connectivity index (χ3n) is 4.28. The molecule has 6 nitrogen and oxygen atoms in total. The molecular weight excluding hydrogens is 326 g/mol. The highest BCUT2D eigenvalue weighted by Crippen LogP contribution is 2.24. The van der Waals surface area contributed by atoms with Crippen molar-refractivity contribution in [1.29, 1.82) is 0 Å². The van der Waals surface area contributed by atoms with Gasteiger partial charge in [-0.15, -0.1) is 0 Å². The van der Waals surface area contributed by atoms with Crippen molar-refractivity contribution in [2.45, 2.75) is 43.9 Å². The lowest BCUT2D eigenvalue weighted by Crippen LogP contribution is -2.48. The zero-order valence-electron chi connectivity index (χ0n) is 13.6. The number of oxazole rings is 1. The highest BCUT2D eigenvalue weighted by molar-refractivity contribution is 7.99. The minimum atomic E-state index is -0.420. The number of carbonyl (C=O) groups is 2. The number of carbonyl (C=O) groups excluding carboxylic acids is 2. The Morgan fingerprint density at radius 1 is 1.29 bits per heavy atom. The third kappa shape index (κ3) is 4.29. The van der Waals surface area contributed by atoms with Crippen LogP contribution in [0.3, 0.4) is 0 Å². The van der Waals surface area contributed by atoms with Crippen LogP contribution in [0.2, 0.25) is 0 Å². The van der Waals surface area contributed by atoms with E-state index in [9.17, 15) is 9.59 Å². The van der Waals surface area contributed by atoms with Crippen LogP contribution in [0.25, 0.3) is 11.1 Å². The highest BCUT2D eigenvalue weighted by Gasteiger charge is 2.23. The number of benzene rings is 1. The number of thioether (sulfide) groups is 1. The normalized spacial score (nSPS) is 20.7. The van der Waals surface area contributed by atoms with E-state index in [0.29, 0.717) is 16.7 Å². The van der Waals surface area contributed by atoms with E-state index < -0.39 is 6.03 Å². The van der Waals surface area contributed by atoms with E-state index in [1.54, 1.807) is 0 Å². The van der Waals surface area contributed by atoms with Crippen LogP contribution in [-0.2, 0) is 4.79 Å². The van der Waals surface area contributed by atoms with Gasteiger partial charge in [-0.25, -0.2) is 9.78 Å². The van der Waals surface area contributed by atoms with E-state index in [2.05, 4.69) is 22.5 Å². The van der Waals surface area contributed by atoms with Gasteiger partial charge >= 0.3 is 6.03 Å². The van der Waals surface area contributed by atoms with Gasteiger partial charge in [0, 0.05) is 6.04 Å². The quantitative estimate of drug-likeness (QED) is 0.829. The fourth-order valence-corrected chi connectivity index (χ4v) is 3.58. The number of hydrogen-bond acceptors (Lipinski definition) is 5. The smallest absolute Gasteiger partial charge is 0.321 e. The third-order valence-corrected chi connectivity index (χ3v) is 5.11. The number of para-hydroxylation sites is 2. The predicted octanol–water partition coefficient (Wildman–Crippen LogP) is 3.32. The maximum absolute atomic E-state index is 11.9. The van der Waals surface area contributed by atoms with Crippen molar-refractivity contribution in [2.24, 2.45) is 5.92 Å². The molecule has 1 fully saturated rings. The maximum atomic E-state index is 11.9. The summed E-state index contributed by atoms with van der Waals surface area (Å²) < 4.78 is 5.53. The van der Waals surface area contributed by atoms with Crippen LogP contribution in [-0.4, -0.2) is 28.7 Å². The van der Waals surface area contributed by atoms with Crippen LogP contribution < -0.4 is 10.6 Å². The van der Waals surface area contributed by atoms with Gasteiger partial charge in [-0.2, -0.15) is 0 Å². The number of nitrogens with zero attached hydrogens (tertiary/aromatic N) is 1. The van der Waals surface area contributed by atoms with Crippen molar-refractivity contribution >= 4 is 34.8 Å². The van der Waals surface area contributed by atoms with E-state index in [1.807, 2.05) is 24.3 Å². The molecule has 0 bridgehead atoms. The number of rotatable bonds is 4. The van der Waals surface area contributed by atoms with Crippen LogP contribution in [0.15, 0.2) is 33.9 Å². The summed E-state index contributed by atoms with van der Waals surface area (Å²) in [6.45, 7) is 2.13. The largest absolute Gasteiger partial charge is 0.431 e. The fourth-order valence-electron chi connectivity index (χ4n) is 2.94. The average Bonchev–Trinajstić information content (AvgIpc) is 2.98. The second-order valence-corrected chi connectivity index (χ2v) is 7.05. The molecule has 128 valence electrons. The Kier molecular flexibility index (Phi) is 5.40. The molecule has 3 rings (SSSR count). The van der Waals surface area contributed by atoms with Gasteiger partial charge in [0.2, 0.25) is 5.91 Å². The summed E-state index contributed by atoms with van der Waals surface area (Å²) in [5, 5.41) is 5.70. The first-order chi connectivity index (χ1) is 11.6. The molecule has 0 aliphatic heterocycles. The molecule has 1 aliphatic rings.